The lowest BCUT2D eigenvalue weighted by molar-refractivity contribution is -0.133. The molecular weight excluding hydrogens is 256 g/mol. The van der Waals surface area contributed by atoms with Crippen LogP contribution in [0.5, 0.6) is 0 Å². The summed E-state index contributed by atoms with van der Waals surface area (Å²) in [4.78, 5) is 25.6. The highest BCUT2D eigenvalue weighted by Gasteiger charge is 2.30. The third-order valence-corrected chi connectivity index (χ3v) is 3.49. The van der Waals surface area contributed by atoms with Crippen LogP contribution in [0, 0.1) is 5.92 Å². The molecule has 2 unspecified atom stereocenters. The first-order valence-electron chi connectivity index (χ1n) is 7.52. The molecule has 1 aliphatic rings. The Morgan fingerprint density at radius 3 is 2.40 bits per heavy atom. The lowest BCUT2D eigenvalue weighted by atomic mass is 9.92. The first kappa shape index (κ1) is 16.8. The molecule has 1 fully saturated rings. The Bertz CT molecular complexity index is 350. The Hall–Kier alpha value is -1.26. The third kappa shape index (κ3) is 5.39. The second kappa shape index (κ2) is 6.95. The Balaban J connectivity index is 2.59. The van der Waals surface area contributed by atoms with Crippen LogP contribution in [-0.2, 0) is 9.53 Å². The number of rotatable bonds is 3. The van der Waals surface area contributed by atoms with Crippen LogP contribution in [-0.4, -0.2) is 41.6 Å². The van der Waals surface area contributed by atoms with E-state index in [1.54, 1.807) is 0 Å². The van der Waals surface area contributed by atoms with Crippen LogP contribution in [0.25, 0.3) is 0 Å². The molecule has 5 heteroatoms. The van der Waals surface area contributed by atoms with E-state index < -0.39 is 11.7 Å². The number of alkyl carbamates (subject to hydrolysis) is 1. The molecule has 0 saturated carbocycles. The van der Waals surface area contributed by atoms with Crippen LogP contribution in [0.4, 0.5) is 4.79 Å². The molecule has 1 saturated heterocycles. The zero-order chi connectivity index (χ0) is 15.3. The maximum Gasteiger partial charge on any atom is 0.407 e. The summed E-state index contributed by atoms with van der Waals surface area (Å²) in [7, 11) is 0. The van der Waals surface area contributed by atoms with Gasteiger partial charge in [-0.15, -0.1) is 0 Å². The highest BCUT2D eigenvalue weighted by Crippen LogP contribution is 2.21. The standard InChI is InChI=1S/C15H28N2O3/c1-6-11-8-12(10-17(9-11)13(18)7-2)16-14(19)20-15(3,4)5/h11-12H,6-10H2,1-5H3,(H,16,19). The molecule has 0 bridgehead atoms. The molecule has 20 heavy (non-hydrogen) atoms. The predicted molar refractivity (Wildman–Crippen MR) is 78.4 cm³/mol. The van der Waals surface area contributed by atoms with Gasteiger partial charge in [-0.05, 0) is 33.1 Å². The van der Waals surface area contributed by atoms with Gasteiger partial charge in [0.2, 0.25) is 5.91 Å². The van der Waals surface area contributed by atoms with Crippen LogP contribution in [0.2, 0.25) is 0 Å². The number of nitrogens with zero attached hydrogens (tertiary/aromatic N) is 1. The molecule has 2 atom stereocenters. The summed E-state index contributed by atoms with van der Waals surface area (Å²) < 4.78 is 5.28. The van der Waals surface area contributed by atoms with Crippen LogP contribution in [0.1, 0.15) is 53.9 Å². The van der Waals surface area contributed by atoms with Crippen molar-refractivity contribution in [1.82, 2.24) is 10.2 Å². The van der Waals surface area contributed by atoms with E-state index in [2.05, 4.69) is 12.2 Å². The van der Waals surface area contributed by atoms with Crippen molar-refractivity contribution >= 4 is 12.0 Å². The minimum atomic E-state index is -0.498. The lowest BCUT2D eigenvalue weighted by Crippen LogP contribution is -2.53. The van der Waals surface area contributed by atoms with Gasteiger partial charge < -0.3 is 15.0 Å². The topological polar surface area (TPSA) is 58.6 Å². The fourth-order valence-corrected chi connectivity index (χ4v) is 2.51. The molecule has 1 heterocycles. The maximum atomic E-state index is 11.9. The Labute approximate surface area is 122 Å². The fraction of sp³-hybridized carbons (Fsp3) is 0.867. The van der Waals surface area contributed by atoms with Crippen LogP contribution in [0.15, 0.2) is 0 Å². The second-order valence-electron chi connectivity index (χ2n) is 6.51. The number of hydrogen-bond donors (Lipinski definition) is 1. The van der Waals surface area contributed by atoms with Crippen LogP contribution < -0.4 is 5.32 Å². The molecule has 0 spiro atoms. The normalized spacial score (nSPS) is 23.4. The number of amides is 2. The average Bonchev–Trinajstić information content (AvgIpc) is 2.34. The largest absolute Gasteiger partial charge is 0.444 e. The van der Waals surface area contributed by atoms with Gasteiger partial charge in [0, 0.05) is 19.5 Å². The van der Waals surface area contributed by atoms with Gasteiger partial charge in [0.25, 0.3) is 0 Å². The summed E-state index contributed by atoms with van der Waals surface area (Å²) in [5.41, 5.74) is -0.498. The number of carbonyl (C=O) groups excluding carboxylic acids is 2. The Morgan fingerprint density at radius 2 is 1.90 bits per heavy atom. The summed E-state index contributed by atoms with van der Waals surface area (Å²) >= 11 is 0. The van der Waals surface area contributed by atoms with E-state index in [4.69, 9.17) is 4.74 Å². The van der Waals surface area contributed by atoms with Crippen molar-refractivity contribution < 1.29 is 14.3 Å². The number of piperidine rings is 1. The zero-order valence-electron chi connectivity index (χ0n) is 13.4. The molecule has 5 nitrogen and oxygen atoms in total. The molecule has 1 N–H and O–H groups in total. The summed E-state index contributed by atoms with van der Waals surface area (Å²) in [5.74, 6) is 0.596. The van der Waals surface area contributed by atoms with Gasteiger partial charge in [-0.25, -0.2) is 4.79 Å². The number of likely N-dealkylation sites (tertiary alicyclic amines) is 1. The first-order valence-corrected chi connectivity index (χ1v) is 7.52. The molecule has 1 aliphatic heterocycles. The molecular formula is C15H28N2O3. The van der Waals surface area contributed by atoms with Crippen molar-refractivity contribution in [3.8, 4) is 0 Å². The van der Waals surface area contributed by atoms with Crippen molar-refractivity contribution in [1.29, 1.82) is 0 Å². The predicted octanol–water partition coefficient (Wildman–Crippen LogP) is 2.55. The molecule has 1 rings (SSSR count). The van der Waals surface area contributed by atoms with Gasteiger partial charge in [0.15, 0.2) is 0 Å². The summed E-state index contributed by atoms with van der Waals surface area (Å²) in [6.45, 7) is 10.9. The van der Waals surface area contributed by atoms with Crippen molar-refractivity contribution in [3.05, 3.63) is 0 Å². The molecule has 116 valence electrons. The van der Waals surface area contributed by atoms with E-state index in [0.29, 0.717) is 18.9 Å². The van der Waals surface area contributed by atoms with Crippen molar-refractivity contribution in [2.75, 3.05) is 13.1 Å². The van der Waals surface area contributed by atoms with Gasteiger partial charge in [-0.1, -0.05) is 20.3 Å². The smallest absolute Gasteiger partial charge is 0.407 e. The van der Waals surface area contributed by atoms with E-state index in [9.17, 15) is 9.59 Å². The number of ether oxygens (including phenoxy) is 1. The molecule has 0 aromatic heterocycles. The molecule has 2 amide bonds. The van der Waals surface area contributed by atoms with Crippen molar-refractivity contribution in [2.24, 2.45) is 5.92 Å². The highest BCUT2D eigenvalue weighted by atomic mass is 16.6. The lowest BCUT2D eigenvalue weighted by Gasteiger charge is -2.38. The van der Waals surface area contributed by atoms with Gasteiger partial charge in [0.05, 0.1) is 6.04 Å². The summed E-state index contributed by atoms with van der Waals surface area (Å²) in [5, 5.41) is 2.89. The van der Waals surface area contributed by atoms with Crippen molar-refractivity contribution in [2.45, 2.75) is 65.5 Å². The first-order chi connectivity index (χ1) is 9.25. The average molecular weight is 284 g/mol. The van der Waals surface area contributed by atoms with Gasteiger partial charge in [-0.2, -0.15) is 0 Å². The SMILES string of the molecule is CCC(=O)N1CC(CC)CC(NC(=O)OC(C)(C)C)C1. The summed E-state index contributed by atoms with van der Waals surface area (Å²) in [6, 6.07) is -0.0148. The van der Waals surface area contributed by atoms with Gasteiger partial charge in [0.1, 0.15) is 5.60 Å². The number of hydrogen-bond acceptors (Lipinski definition) is 3. The quantitative estimate of drug-likeness (QED) is 0.866. The molecule has 0 radical (unpaired) electrons. The number of carbonyl (C=O) groups is 2. The van der Waals surface area contributed by atoms with Crippen LogP contribution >= 0.6 is 0 Å². The van der Waals surface area contributed by atoms with E-state index in [-0.39, 0.29) is 11.9 Å². The highest BCUT2D eigenvalue weighted by molar-refractivity contribution is 5.76. The summed E-state index contributed by atoms with van der Waals surface area (Å²) in [6.07, 6.45) is 2.03. The maximum absolute atomic E-state index is 11.9. The Kier molecular flexibility index (Phi) is 5.84. The van der Waals surface area contributed by atoms with E-state index in [1.165, 1.54) is 0 Å². The van der Waals surface area contributed by atoms with Crippen LogP contribution in [0.3, 0.4) is 0 Å². The van der Waals surface area contributed by atoms with E-state index in [1.807, 2.05) is 32.6 Å². The van der Waals surface area contributed by atoms with Gasteiger partial charge in [-0.3, -0.25) is 4.79 Å². The molecule has 0 aromatic rings. The second-order valence-corrected chi connectivity index (χ2v) is 6.51. The third-order valence-electron chi connectivity index (χ3n) is 3.49. The molecule has 0 aliphatic carbocycles. The molecule has 0 aromatic carbocycles. The van der Waals surface area contributed by atoms with E-state index >= 15 is 0 Å². The monoisotopic (exact) mass is 284 g/mol. The fourth-order valence-electron chi connectivity index (χ4n) is 2.51. The minimum Gasteiger partial charge on any atom is -0.444 e. The zero-order valence-corrected chi connectivity index (χ0v) is 13.4. The van der Waals surface area contributed by atoms with Gasteiger partial charge >= 0.3 is 6.09 Å². The minimum absolute atomic E-state index is 0.0148. The van der Waals surface area contributed by atoms with Crippen molar-refractivity contribution in [3.63, 3.8) is 0 Å². The van der Waals surface area contributed by atoms with E-state index in [0.717, 1.165) is 19.4 Å². The number of nitrogens with one attached hydrogen (secondary N) is 1. The Morgan fingerprint density at radius 1 is 1.25 bits per heavy atom.